The first-order chi connectivity index (χ1) is 13.4. The van der Waals surface area contributed by atoms with Gasteiger partial charge in [0.25, 0.3) is 0 Å². The number of hydrogen-bond acceptors (Lipinski definition) is 2. The van der Waals surface area contributed by atoms with Crippen molar-refractivity contribution in [2.24, 2.45) is 16.7 Å². The minimum absolute atomic E-state index is 0.0339. The van der Waals surface area contributed by atoms with Crippen LogP contribution in [0.25, 0.3) is 16.8 Å². The largest absolute Gasteiger partial charge is 0.351 e. The van der Waals surface area contributed by atoms with Gasteiger partial charge in [0.15, 0.2) is 11.2 Å². The van der Waals surface area contributed by atoms with Gasteiger partial charge in [0.1, 0.15) is 0 Å². The highest BCUT2D eigenvalue weighted by molar-refractivity contribution is 5.91. The fourth-order valence-corrected chi connectivity index (χ4v) is 5.85. The van der Waals surface area contributed by atoms with Crippen molar-refractivity contribution in [2.75, 3.05) is 0 Å². The second kappa shape index (κ2) is 5.90. The molecular formula is C23H27N4O+. The zero-order chi connectivity index (χ0) is 19.5. The molecule has 144 valence electrons. The van der Waals surface area contributed by atoms with Crippen LogP contribution in [0.3, 0.4) is 0 Å². The van der Waals surface area contributed by atoms with Crippen LogP contribution in [0.4, 0.5) is 0 Å². The van der Waals surface area contributed by atoms with Gasteiger partial charge in [0.05, 0.1) is 6.20 Å². The minimum atomic E-state index is -0.0339. The lowest BCUT2D eigenvalue weighted by atomic mass is 9.68. The summed E-state index contributed by atoms with van der Waals surface area (Å²) in [5, 5.41) is 3.41. The summed E-state index contributed by atoms with van der Waals surface area (Å²) >= 11 is 0. The average Bonchev–Trinajstić information content (AvgIpc) is 3.33. The van der Waals surface area contributed by atoms with Crippen LogP contribution in [0.2, 0.25) is 0 Å². The van der Waals surface area contributed by atoms with Crippen LogP contribution in [0.5, 0.6) is 0 Å². The first kappa shape index (κ1) is 17.4. The molecule has 5 nitrogen and oxygen atoms in total. The SMILES string of the molecule is CC1(C)[C@@H]2CC[C@@](C)(C2)[C@H]1NC(=O)c1[nH]c(-c2ccncc2)c2cccc[n+]12. The molecule has 0 saturated heterocycles. The van der Waals surface area contributed by atoms with E-state index in [0.717, 1.165) is 16.8 Å². The van der Waals surface area contributed by atoms with Crippen molar-refractivity contribution in [3.05, 3.63) is 54.7 Å². The fraction of sp³-hybridized carbons (Fsp3) is 0.435. The normalized spacial score (nSPS) is 28.0. The van der Waals surface area contributed by atoms with E-state index < -0.39 is 0 Å². The number of imidazole rings is 1. The maximum atomic E-state index is 13.4. The number of fused-ring (bicyclic) bond motifs is 3. The summed E-state index contributed by atoms with van der Waals surface area (Å²) in [6.45, 7) is 6.97. The van der Waals surface area contributed by atoms with Crippen molar-refractivity contribution in [3.63, 3.8) is 0 Å². The number of amides is 1. The molecule has 2 aliphatic rings. The number of carbonyl (C=O) groups is 1. The molecule has 0 radical (unpaired) electrons. The summed E-state index contributed by atoms with van der Waals surface area (Å²) in [6.07, 6.45) is 9.18. The van der Waals surface area contributed by atoms with E-state index >= 15 is 0 Å². The number of carbonyl (C=O) groups excluding carboxylic acids is 1. The Hall–Kier alpha value is -2.69. The zero-order valence-electron chi connectivity index (χ0n) is 16.7. The van der Waals surface area contributed by atoms with Crippen LogP contribution < -0.4 is 9.72 Å². The first-order valence-electron chi connectivity index (χ1n) is 10.1. The number of nitrogens with one attached hydrogen (secondary N) is 2. The van der Waals surface area contributed by atoms with Crippen molar-refractivity contribution < 1.29 is 9.20 Å². The topological polar surface area (TPSA) is 61.9 Å². The highest BCUT2D eigenvalue weighted by atomic mass is 16.2. The number of aromatic amines is 1. The van der Waals surface area contributed by atoms with Gasteiger partial charge in [-0.2, -0.15) is 4.40 Å². The molecule has 3 aromatic rings. The highest BCUT2D eigenvalue weighted by Crippen LogP contribution is 2.62. The van der Waals surface area contributed by atoms with E-state index in [1.807, 2.05) is 40.9 Å². The number of hydrogen-bond donors (Lipinski definition) is 2. The van der Waals surface area contributed by atoms with E-state index in [1.165, 1.54) is 19.3 Å². The van der Waals surface area contributed by atoms with Crippen molar-refractivity contribution >= 4 is 11.4 Å². The van der Waals surface area contributed by atoms with Crippen molar-refractivity contribution in [1.82, 2.24) is 15.3 Å². The van der Waals surface area contributed by atoms with Gasteiger partial charge in [-0.15, -0.1) is 0 Å². The third-order valence-corrected chi connectivity index (χ3v) is 7.33. The molecule has 5 rings (SSSR count). The summed E-state index contributed by atoms with van der Waals surface area (Å²) in [5.74, 6) is 1.24. The molecule has 2 saturated carbocycles. The van der Waals surface area contributed by atoms with Gasteiger partial charge in [-0.25, -0.2) is 4.98 Å². The van der Waals surface area contributed by atoms with Gasteiger partial charge in [0.2, 0.25) is 0 Å². The Bertz CT molecular complexity index is 1050. The third-order valence-electron chi connectivity index (χ3n) is 7.33. The predicted octanol–water partition coefficient (Wildman–Crippen LogP) is 3.76. The lowest BCUT2D eigenvalue weighted by Gasteiger charge is -2.42. The van der Waals surface area contributed by atoms with E-state index in [4.69, 9.17) is 0 Å². The van der Waals surface area contributed by atoms with Gasteiger partial charge in [-0.3, -0.25) is 9.78 Å². The van der Waals surface area contributed by atoms with E-state index in [9.17, 15) is 4.79 Å². The molecule has 2 bridgehead atoms. The van der Waals surface area contributed by atoms with Crippen molar-refractivity contribution in [2.45, 2.75) is 46.1 Å². The van der Waals surface area contributed by atoms with Crippen LogP contribution >= 0.6 is 0 Å². The lowest BCUT2D eigenvalue weighted by Crippen LogP contribution is -2.53. The molecule has 0 aromatic carbocycles. The summed E-state index contributed by atoms with van der Waals surface area (Å²) in [5.41, 5.74) is 3.27. The molecule has 28 heavy (non-hydrogen) atoms. The molecule has 5 heteroatoms. The number of nitrogens with zero attached hydrogens (tertiary/aromatic N) is 2. The summed E-state index contributed by atoms with van der Waals surface area (Å²) in [4.78, 5) is 20.9. The van der Waals surface area contributed by atoms with E-state index in [-0.39, 0.29) is 22.8 Å². The van der Waals surface area contributed by atoms with Crippen LogP contribution in [-0.2, 0) is 0 Å². The number of rotatable bonds is 3. The predicted molar refractivity (Wildman–Crippen MR) is 108 cm³/mol. The molecule has 2 N–H and O–H groups in total. The fourth-order valence-electron chi connectivity index (χ4n) is 5.85. The van der Waals surface area contributed by atoms with E-state index in [2.05, 4.69) is 36.1 Å². The highest BCUT2D eigenvalue weighted by Gasteiger charge is 2.60. The Labute approximate surface area is 165 Å². The Balaban J connectivity index is 1.54. The molecule has 0 aliphatic heterocycles. The molecule has 0 unspecified atom stereocenters. The standard InChI is InChI=1S/C23H26N4O/c1-22(2)16-7-10-23(3,14-16)21(22)26-20(28)19-25-18(15-8-11-24-12-9-15)17-6-4-5-13-27(17)19/h4-6,8-9,11-13,16,21H,7,10,14H2,1-3H3,(H,26,28)/p+1/t16-,21+,23+/m1/s1. The van der Waals surface area contributed by atoms with E-state index in [1.54, 1.807) is 12.4 Å². The van der Waals surface area contributed by atoms with Crippen LogP contribution in [0.1, 0.15) is 50.7 Å². The van der Waals surface area contributed by atoms with Gasteiger partial charge in [-0.1, -0.05) is 26.8 Å². The smallest absolute Gasteiger partial charge is 0.342 e. The maximum Gasteiger partial charge on any atom is 0.351 e. The van der Waals surface area contributed by atoms with Crippen LogP contribution in [0, 0.1) is 16.7 Å². The molecule has 3 atom stereocenters. The third kappa shape index (κ3) is 2.42. The molecule has 2 fully saturated rings. The van der Waals surface area contributed by atoms with Crippen molar-refractivity contribution in [3.8, 4) is 11.3 Å². The van der Waals surface area contributed by atoms with Gasteiger partial charge >= 0.3 is 11.7 Å². The maximum absolute atomic E-state index is 13.4. The molecule has 1 amide bonds. The monoisotopic (exact) mass is 375 g/mol. The van der Waals surface area contributed by atoms with Crippen LogP contribution in [-0.4, -0.2) is 21.9 Å². The molecular weight excluding hydrogens is 348 g/mol. The summed E-state index contributed by atoms with van der Waals surface area (Å²) in [7, 11) is 0. The number of aromatic nitrogens is 3. The average molecular weight is 375 g/mol. The van der Waals surface area contributed by atoms with E-state index in [0.29, 0.717) is 11.7 Å². The zero-order valence-corrected chi connectivity index (χ0v) is 16.7. The first-order valence-corrected chi connectivity index (χ1v) is 10.1. The number of H-pyrrole nitrogens is 1. The quantitative estimate of drug-likeness (QED) is 0.685. The second-order valence-corrected chi connectivity index (χ2v) is 9.36. The Morgan fingerprint density at radius 2 is 2.00 bits per heavy atom. The Morgan fingerprint density at radius 1 is 1.21 bits per heavy atom. The summed E-state index contributed by atoms with van der Waals surface area (Å²) in [6, 6.07) is 10.1. The van der Waals surface area contributed by atoms with Crippen LogP contribution in [0.15, 0.2) is 48.9 Å². The molecule has 2 aliphatic carbocycles. The summed E-state index contributed by atoms with van der Waals surface area (Å²) < 4.78 is 1.95. The minimum Gasteiger partial charge on any atom is -0.342 e. The Kier molecular flexibility index (Phi) is 3.67. The van der Waals surface area contributed by atoms with Gasteiger partial charge < -0.3 is 5.32 Å². The van der Waals surface area contributed by atoms with Gasteiger partial charge in [0, 0.05) is 24.0 Å². The number of pyridine rings is 2. The lowest BCUT2D eigenvalue weighted by molar-refractivity contribution is -0.514. The Morgan fingerprint density at radius 3 is 2.71 bits per heavy atom. The molecule has 3 heterocycles. The molecule has 3 aromatic heterocycles. The van der Waals surface area contributed by atoms with Crippen molar-refractivity contribution in [1.29, 1.82) is 0 Å². The second-order valence-electron chi connectivity index (χ2n) is 9.36. The van der Waals surface area contributed by atoms with Gasteiger partial charge in [-0.05, 0) is 60.3 Å². The molecule has 0 spiro atoms.